The number of methoxy groups -OCH3 is 1. The molecule has 0 saturated heterocycles. The summed E-state index contributed by atoms with van der Waals surface area (Å²) in [6, 6.07) is 2.04. The smallest absolute Gasteiger partial charge is 0.153 e. The summed E-state index contributed by atoms with van der Waals surface area (Å²) in [6.45, 7) is 6.24. The molecule has 2 N–H and O–H groups in total. The van der Waals surface area contributed by atoms with Crippen molar-refractivity contribution in [2.45, 2.75) is 56.6 Å². The first-order valence-corrected chi connectivity index (χ1v) is 8.42. The molecule has 0 radical (unpaired) electrons. The van der Waals surface area contributed by atoms with Crippen LogP contribution in [0.2, 0.25) is 5.02 Å². The second kappa shape index (κ2) is 4.53. The summed E-state index contributed by atoms with van der Waals surface area (Å²) >= 11 is 10.1. The minimum Gasteiger partial charge on any atom is -0.494 e. The topological polar surface area (TPSA) is 41.5 Å². The van der Waals surface area contributed by atoms with Crippen molar-refractivity contribution in [1.82, 2.24) is 0 Å². The lowest BCUT2D eigenvalue weighted by atomic mass is 9.60. The van der Waals surface area contributed by atoms with E-state index in [2.05, 4.69) is 28.2 Å². The maximum atomic E-state index is 11.4. The lowest BCUT2D eigenvalue weighted by Gasteiger charge is -2.55. The van der Waals surface area contributed by atoms with Crippen molar-refractivity contribution in [3.8, 4) is 5.75 Å². The van der Waals surface area contributed by atoms with Crippen molar-refractivity contribution in [2.24, 2.45) is 0 Å². The van der Waals surface area contributed by atoms with Crippen LogP contribution in [-0.2, 0) is 5.41 Å². The molecule has 2 atom stereocenters. The Balaban J connectivity index is 2.33. The third kappa shape index (κ3) is 1.76. The number of nitrogens with one attached hydrogen (secondary N) is 1. The van der Waals surface area contributed by atoms with Gasteiger partial charge in [0.2, 0.25) is 0 Å². The van der Waals surface area contributed by atoms with E-state index < -0.39 is 11.1 Å². The van der Waals surface area contributed by atoms with E-state index in [0.717, 1.165) is 35.0 Å². The predicted molar refractivity (Wildman–Crippen MR) is 89.6 cm³/mol. The molecule has 0 bridgehead atoms. The molecule has 21 heavy (non-hydrogen) atoms. The van der Waals surface area contributed by atoms with Gasteiger partial charge in [0.25, 0.3) is 0 Å². The quantitative estimate of drug-likeness (QED) is 0.761. The standard InChI is InChI=1S/C16H21BrClNO2/c1-14(2)16(20)7-5-6-15(16,3)9-8-10(17)13(21-4)11(18)12(9)19-14/h8,19-20H,5-7H2,1-4H3. The van der Waals surface area contributed by atoms with Crippen LogP contribution in [0.1, 0.15) is 45.6 Å². The molecule has 1 aromatic rings. The van der Waals surface area contributed by atoms with Gasteiger partial charge in [0.15, 0.2) is 5.75 Å². The van der Waals surface area contributed by atoms with Crippen LogP contribution in [0.15, 0.2) is 10.5 Å². The van der Waals surface area contributed by atoms with Gasteiger partial charge in [0.1, 0.15) is 5.02 Å². The van der Waals surface area contributed by atoms with Crippen LogP contribution in [0.4, 0.5) is 5.69 Å². The molecule has 0 aromatic heterocycles. The van der Waals surface area contributed by atoms with Crippen LogP contribution in [0, 0.1) is 0 Å². The third-order valence-electron chi connectivity index (χ3n) is 5.57. The van der Waals surface area contributed by atoms with Crippen LogP contribution in [0.25, 0.3) is 0 Å². The number of anilines is 1. The van der Waals surface area contributed by atoms with Crippen molar-refractivity contribution >= 4 is 33.2 Å². The molecular weight excluding hydrogens is 354 g/mol. The molecule has 2 aliphatic rings. The highest BCUT2D eigenvalue weighted by atomic mass is 79.9. The van der Waals surface area contributed by atoms with Gasteiger partial charge in [-0.05, 0) is 60.7 Å². The number of hydrogen-bond donors (Lipinski definition) is 2. The predicted octanol–water partition coefficient (Wildman–Crippen LogP) is 4.49. The zero-order valence-corrected chi connectivity index (χ0v) is 15.2. The van der Waals surface area contributed by atoms with Gasteiger partial charge in [0, 0.05) is 5.41 Å². The Labute approximate surface area is 139 Å². The first-order valence-electron chi connectivity index (χ1n) is 7.25. The summed E-state index contributed by atoms with van der Waals surface area (Å²) in [6.07, 6.45) is 2.76. The Morgan fingerprint density at radius 3 is 2.62 bits per heavy atom. The van der Waals surface area contributed by atoms with E-state index in [9.17, 15) is 5.11 Å². The highest BCUT2D eigenvalue weighted by molar-refractivity contribution is 9.10. The molecule has 2 unspecified atom stereocenters. The highest BCUT2D eigenvalue weighted by Gasteiger charge is 2.63. The van der Waals surface area contributed by atoms with Gasteiger partial charge in [-0.15, -0.1) is 0 Å². The number of rotatable bonds is 1. The van der Waals surface area contributed by atoms with Crippen LogP contribution in [0.5, 0.6) is 5.75 Å². The molecular formula is C16H21BrClNO2. The highest BCUT2D eigenvalue weighted by Crippen LogP contribution is 2.61. The van der Waals surface area contributed by atoms with Crippen LogP contribution < -0.4 is 10.1 Å². The minimum atomic E-state index is -0.787. The molecule has 1 heterocycles. The molecule has 1 aliphatic carbocycles. The van der Waals surface area contributed by atoms with E-state index in [0.29, 0.717) is 10.8 Å². The van der Waals surface area contributed by atoms with E-state index in [1.165, 1.54) is 0 Å². The van der Waals surface area contributed by atoms with Gasteiger partial charge in [0.05, 0.1) is 28.4 Å². The maximum absolute atomic E-state index is 11.4. The number of hydrogen-bond acceptors (Lipinski definition) is 3. The minimum absolute atomic E-state index is 0.310. The number of ether oxygens (including phenoxy) is 1. The van der Waals surface area contributed by atoms with Crippen molar-refractivity contribution in [3.05, 3.63) is 21.1 Å². The molecule has 1 aliphatic heterocycles. The average molecular weight is 375 g/mol. The fourth-order valence-corrected chi connectivity index (χ4v) is 5.33. The summed E-state index contributed by atoms with van der Waals surface area (Å²) < 4.78 is 6.22. The molecule has 1 fully saturated rings. The van der Waals surface area contributed by atoms with Crippen molar-refractivity contribution in [1.29, 1.82) is 0 Å². The molecule has 3 rings (SSSR count). The van der Waals surface area contributed by atoms with Gasteiger partial charge in [-0.25, -0.2) is 0 Å². The maximum Gasteiger partial charge on any atom is 0.153 e. The van der Waals surface area contributed by atoms with Crippen molar-refractivity contribution in [3.63, 3.8) is 0 Å². The van der Waals surface area contributed by atoms with E-state index in [1.807, 2.05) is 19.9 Å². The SMILES string of the molecule is COc1c(Br)cc2c(c1Cl)NC(C)(C)C1(O)CCCC21C. The van der Waals surface area contributed by atoms with Gasteiger partial charge in [-0.1, -0.05) is 18.5 Å². The second-order valence-electron chi connectivity index (χ2n) is 6.92. The fraction of sp³-hybridized carbons (Fsp3) is 0.625. The first-order chi connectivity index (χ1) is 9.68. The Kier molecular flexibility index (Phi) is 3.33. The molecule has 1 aromatic carbocycles. The lowest BCUT2D eigenvalue weighted by molar-refractivity contribution is -0.0629. The fourth-order valence-electron chi connectivity index (χ4n) is 4.30. The van der Waals surface area contributed by atoms with E-state index >= 15 is 0 Å². The number of aliphatic hydroxyl groups is 1. The molecule has 5 heteroatoms. The number of benzene rings is 1. The van der Waals surface area contributed by atoms with Gasteiger partial charge in [-0.3, -0.25) is 0 Å². The third-order valence-corrected chi connectivity index (χ3v) is 6.52. The Morgan fingerprint density at radius 1 is 1.33 bits per heavy atom. The molecule has 0 spiro atoms. The Hall–Kier alpha value is -0.450. The largest absolute Gasteiger partial charge is 0.494 e. The first kappa shape index (κ1) is 15.4. The molecule has 3 nitrogen and oxygen atoms in total. The zero-order chi connectivity index (χ0) is 15.6. The summed E-state index contributed by atoms with van der Waals surface area (Å²) in [5, 5.41) is 15.4. The summed E-state index contributed by atoms with van der Waals surface area (Å²) in [4.78, 5) is 0. The monoisotopic (exact) mass is 373 g/mol. The van der Waals surface area contributed by atoms with E-state index in [1.54, 1.807) is 7.11 Å². The summed E-state index contributed by atoms with van der Waals surface area (Å²) in [5.41, 5.74) is 0.406. The van der Waals surface area contributed by atoms with Gasteiger partial charge >= 0.3 is 0 Å². The van der Waals surface area contributed by atoms with E-state index in [4.69, 9.17) is 16.3 Å². The normalized spacial score (nSPS) is 33.1. The van der Waals surface area contributed by atoms with Gasteiger partial charge in [-0.2, -0.15) is 0 Å². The lowest BCUT2D eigenvalue weighted by Crippen LogP contribution is -2.65. The Morgan fingerprint density at radius 2 is 2.00 bits per heavy atom. The van der Waals surface area contributed by atoms with Crippen molar-refractivity contribution < 1.29 is 9.84 Å². The number of halogens is 2. The average Bonchev–Trinajstić information content (AvgIpc) is 2.71. The van der Waals surface area contributed by atoms with Crippen LogP contribution in [-0.4, -0.2) is 23.4 Å². The van der Waals surface area contributed by atoms with Crippen LogP contribution >= 0.6 is 27.5 Å². The second-order valence-corrected chi connectivity index (χ2v) is 8.16. The zero-order valence-electron chi connectivity index (χ0n) is 12.8. The van der Waals surface area contributed by atoms with Crippen molar-refractivity contribution in [2.75, 3.05) is 12.4 Å². The molecule has 116 valence electrons. The van der Waals surface area contributed by atoms with E-state index in [-0.39, 0.29) is 5.41 Å². The number of fused-ring (bicyclic) bond motifs is 3. The molecule has 1 saturated carbocycles. The Bertz CT molecular complexity index is 619. The van der Waals surface area contributed by atoms with Gasteiger partial charge < -0.3 is 15.2 Å². The summed E-state index contributed by atoms with van der Waals surface area (Å²) in [5.74, 6) is 0.630. The molecule has 0 amide bonds. The van der Waals surface area contributed by atoms with Crippen LogP contribution in [0.3, 0.4) is 0 Å². The summed E-state index contributed by atoms with van der Waals surface area (Å²) in [7, 11) is 1.61.